The first-order valence-corrected chi connectivity index (χ1v) is 7.47. The van der Waals surface area contributed by atoms with E-state index in [1.165, 1.54) is 5.56 Å². The molecule has 1 N–H and O–H groups in total. The second kappa shape index (κ2) is 6.33. The number of nitrogens with zero attached hydrogens (tertiary/aromatic N) is 3. The number of carbonyl (C=O) groups excluding carboxylic acids is 1. The minimum absolute atomic E-state index is 0.0632. The molecule has 5 nitrogen and oxygen atoms in total. The number of carbonyl (C=O) groups is 1. The second-order valence-electron chi connectivity index (χ2n) is 5.57. The summed E-state index contributed by atoms with van der Waals surface area (Å²) in [5.74, 6) is 0.313. The number of pyridine rings is 1. The molecule has 0 aliphatic carbocycles. The van der Waals surface area contributed by atoms with Crippen molar-refractivity contribution in [2.75, 3.05) is 32.7 Å². The Morgan fingerprint density at radius 1 is 1.35 bits per heavy atom. The van der Waals surface area contributed by atoms with Crippen molar-refractivity contribution >= 4 is 5.91 Å². The fourth-order valence-electron chi connectivity index (χ4n) is 3.12. The maximum absolute atomic E-state index is 12.6. The van der Waals surface area contributed by atoms with Gasteiger partial charge in [0.2, 0.25) is 5.91 Å². The zero-order valence-electron chi connectivity index (χ0n) is 11.8. The van der Waals surface area contributed by atoms with Gasteiger partial charge < -0.3 is 10.2 Å². The lowest BCUT2D eigenvalue weighted by atomic mass is 10.1. The fourth-order valence-corrected chi connectivity index (χ4v) is 3.12. The van der Waals surface area contributed by atoms with Gasteiger partial charge in [-0.2, -0.15) is 0 Å². The zero-order valence-corrected chi connectivity index (χ0v) is 11.8. The Kier molecular flexibility index (Phi) is 4.28. The monoisotopic (exact) mass is 274 g/mol. The van der Waals surface area contributed by atoms with Crippen LogP contribution in [0.3, 0.4) is 0 Å². The largest absolute Gasteiger partial charge is 0.339 e. The number of hydrogen-bond donors (Lipinski definition) is 1. The highest BCUT2D eigenvalue weighted by Gasteiger charge is 2.33. The molecule has 2 saturated heterocycles. The number of rotatable bonds is 3. The summed E-state index contributed by atoms with van der Waals surface area (Å²) >= 11 is 0. The number of hydrogen-bond acceptors (Lipinski definition) is 4. The molecule has 2 fully saturated rings. The first-order chi connectivity index (χ1) is 9.84. The van der Waals surface area contributed by atoms with Crippen LogP contribution in [0, 0.1) is 0 Å². The molecule has 5 heteroatoms. The van der Waals surface area contributed by atoms with Gasteiger partial charge in [-0.3, -0.25) is 14.7 Å². The van der Waals surface area contributed by atoms with E-state index < -0.39 is 0 Å². The van der Waals surface area contributed by atoms with Gasteiger partial charge in [-0.25, -0.2) is 0 Å². The minimum Gasteiger partial charge on any atom is -0.339 e. The molecule has 0 radical (unpaired) electrons. The summed E-state index contributed by atoms with van der Waals surface area (Å²) in [6.45, 7) is 5.36. The third kappa shape index (κ3) is 2.99. The Hall–Kier alpha value is -1.46. The molecule has 2 aliphatic heterocycles. The average molecular weight is 274 g/mol. The Bertz CT molecular complexity index is 444. The van der Waals surface area contributed by atoms with Crippen molar-refractivity contribution in [2.45, 2.75) is 25.4 Å². The standard InChI is InChI=1S/C15H22N4O/c20-15(18-9-6-16-7-10-18)14-4-2-8-19(14)12-13-3-1-5-17-11-13/h1,3,5,11,14,16H,2,4,6-10,12H2. The highest BCUT2D eigenvalue weighted by Crippen LogP contribution is 2.21. The van der Waals surface area contributed by atoms with Crippen LogP contribution < -0.4 is 5.32 Å². The number of nitrogens with one attached hydrogen (secondary N) is 1. The smallest absolute Gasteiger partial charge is 0.240 e. The third-order valence-corrected chi connectivity index (χ3v) is 4.19. The Labute approximate surface area is 120 Å². The van der Waals surface area contributed by atoms with Gasteiger partial charge in [-0.05, 0) is 31.0 Å². The number of piperazine rings is 1. The van der Waals surface area contributed by atoms with E-state index in [-0.39, 0.29) is 6.04 Å². The van der Waals surface area contributed by atoms with Crippen LogP contribution in [0.25, 0.3) is 0 Å². The van der Waals surface area contributed by atoms with Crippen LogP contribution in [0.4, 0.5) is 0 Å². The van der Waals surface area contributed by atoms with Crippen LogP contribution in [0.5, 0.6) is 0 Å². The minimum atomic E-state index is 0.0632. The Balaban J connectivity index is 1.64. The summed E-state index contributed by atoms with van der Waals surface area (Å²) in [5, 5.41) is 3.30. The lowest BCUT2D eigenvalue weighted by Gasteiger charge is -2.33. The molecule has 2 aliphatic rings. The molecular weight excluding hydrogens is 252 g/mol. The van der Waals surface area contributed by atoms with Gasteiger partial charge in [0, 0.05) is 45.1 Å². The fraction of sp³-hybridized carbons (Fsp3) is 0.600. The molecule has 1 aromatic heterocycles. The van der Waals surface area contributed by atoms with Crippen molar-refractivity contribution < 1.29 is 4.79 Å². The van der Waals surface area contributed by atoms with Gasteiger partial charge in [-0.1, -0.05) is 6.07 Å². The highest BCUT2D eigenvalue weighted by molar-refractivity contribution is 5.82. The van der Waals surface area contributed by atoms with Crippen molar-refractivity contribution in [1.82, 2.24) is 20.1 Å². The molecule has 0 spiro atoms. The summed E-state index contributed by atoms with van der Waals surface area (Å²) in [6, 6.07) is 4.10. The van der Waals surface area contributed by atoms with Gasteiger partial charge >= 0.3 is 0 Å². The second-order valence-corrected chi connectivity index (χ2v) is 5.57. The van der Waals surface area contributed by atoms with Crippen LogP contribution >= 0.6 is 0 Å². The van der Waals surface area contributed by atoms with E-state index in [1.807, 2.05) is 17.2 Å². The molecule has 0 saturated carbocycles. The number of likely N-dealkylation sites (tertiary alicyclic amines) is 1. The molecular formula is C15H22N4O. The van der Waals surface area contributed by atoms with Crippen LogP contribution in [0.1, 0.15) is 18.4 Å². The topological polar surface area (TPSA) is 48.5 Å². The van der Waals surface area contributed by atoms with Gasteiger partial charge in [0.15, 0.2) is 0 Å². The number of amides is 1. The molecule has 3 heterocycles. The van der Waals surface area contributed by atoms with Gasteiger partial charge in [0.25, 0.3) is 0 Å². The molecule has 108 valence electrons. The summed E-state index contributed by atoms with van der Waals surface area (Å²) in [4.78, 5) is 21.1. The molecule has 1 atom stereocenters. The number of aromatic nitrogens is 1. The van der Waals surface area contributed by atoms with E-state index in [9.17, 15) is 4.79 Å². The summed E-state index contributed by atoms with van der Waals surface area (Å²) in [7, 11) is 0. The Morgan fingerprint density at radius 2 is 2.20 bits per heavy atom. The van der Waals surface area contributed by atoms with E-state index in [0.29, 0.717) is 5.91 Å². The van der Waals surface area contributed by atoms with Gasteiger partial charge in [0.1, 0.15) is 0 Å². The van der Waals surface area contributed by atoms with E-state index in [2.05, 4.69) is 21.3 Å². The van der Waals surface area contributed by atoms with Crippen LogP contribution in [-0.2, 0) is 11.3 Å². The van der Waals surface area contributed by atoms with Crippen molar-refractivity contribution in [3.8, 4) is 0 Å². The predicted octanol–water partition coefficient (Wildman–Crippen LogP) is 0.478. The van der Waals surface area contributed by atoms with Gasteiger partial charge in [-0.15, -0.1) is 0 Å². The van der Waals surface area contributed by atoms with E-state index in [1.54, 1.807) is 6.20 Å². The highest BCUT2D eigenvalue weighted by atomic mass is 16.2. The normalized spacial score (nSPS) is 24.0. The third-order valence-electron chi connectivity index (χ3n) is 4.19. The van der Waals surface area contributed by atoms with E-state index >= 15 is 0 Å². The van der Waals surface area contributed by atoms with E-state index in [0.717, 1.165) is 52.1 Å². The first-order valence-electron chi connectivity index (χ1n) is 7.47. The zero-order chi connectivity index (χ0) is 13.8. The van der Waals surface area contributed by atoms with Crippen molar-refractivity contribution in [3.05, 3.63) is 30.1 Å². The summed E-state index contributed by atoms with van der Waals surface area (Å²) in [6.07, 6.45) is 5.79. The SMILES string of the molecule is O=C(C1CCCN1Cc1cccnc1)N1CCNCC1. The predicted molar refractivity (Wildman–Crippen MR) is 77.1 cm³/mol. The first kappa shape index (κ1) is 13.5. The lowest BCUT2D eigenvalue weighted by Crippen LogP contribution is -2.52. The van der Waals surface area contributed by atoms with Crippen LogP contribution in [-0.4, -0.2) is 59.5 Å². The van der Waals surface area contributed by atoms with E-state index in [4.69, 9.17) is 0 Å². The van der Waals surface area contributed by atoms with Crippen molar-refractivity contribution in [2.24, 2.45) is 0 Å². The lowest BCUT2D eigenvalue weighted by molar-refractivity contribution is -0.136. The van der Waals surface area contributed by atoms with Crippen LogP contribution in [0.2, 0.25) is 0 Å². The van der Waals surface area contributed by atoms with Gasteiger partial charge in [0.05, 0.1) is 6.04 Å². The molecule has 1 aromatic rings. The summed E-state index contributed by atoms with van der Waals surface area (Å²) in [5.41, 5.74) is 1.19. The van der Waals surface area contributed by atoms with Crippen molar-refractivity contribution in [3.63, 3.8) is 0 Å². The molecule has 3 rings (SSSR count). The molecule has 1 amide bonds. The van der Waals surface area contributed by atoms with Crippen molar-refractivity contribution in [1.29, 1.82) is 0 Å². The molecule has 1 unspecified atom stereocenters. The maximum atomic E-state index is 12.6. The van der Waals surface area contributed by atoms with Crippen LogP contribution in [0.15, 0.2) is 24.5 Å². The summed E-state index contributed by atoms with van der Waals surface area (Å²) < 4.78 is 0. The Morgan fingerprint density at radius 3 is 2.95 bits per heavy atom. The molecule has 0 aromatic carbocycles. The average Bonchev–Trinajstić information content (AvgIpc) is 2.96. The molecule has 20 heavy (non-hydrogen) atoms. The maximum Gasteiger partial charge on any atom is 0.240 e. The quantitative estimate of drug-likeness (QED) is 0.871. The molecule has 0 bridgehead atoms.